The topological polar surface area (TPSA) is 47.9 Å². The van der Waals surface area contributed by atoms with E-state index in [1.807, 2.05) is 30.3 Å². The SMILES string of the molecule is CC(C)c1cccc(C(C)C)c1OCCOCCOc1cccc2c(O)cccc12. The van der Waals surface area contributed by atoms with Crippen LogP contribution in [0.3, 0.4) is 0 Å². The van der Waals surface area contributed by atoms with E-state index in [9.17, 15) is 5.11 Å². The lowest BCUT2D eigenvalue weighted by Crippen LogP contribution is -2.13. The van der Waals surface area contributed by atoms with Gasteiger partial charge in [0.15, 0.2) is 0 Å². The van der Waals surface area contributed by atoms with Crippen LogP contribution >= 0.6 is 0 Å². The van der Waals surface area contributed by atoms with Gasteiger partial charge in [0.1, 0.15) is 30.5 Å². The van der Waals surface area contributed by atoms with Crippen molar-refractivity contribution in [3.63, 3.8) is 0 Å². The standard InChI is InChI=1S/C26H32O4/c1-18(2)20-8-5-9-21(19(3)4)26(20)30-17-15-28-14-16-29-25-13-7-10-22-23(25)11-6-12-24(22)27/h5-13,18-19,27H,14-17H2,1-4H3. The van der Waals surface area contributed by atoms with Crippen molar-refractivity contribution in [1.82, 2.24) is 0 Å². The van der Waals surface area contributed by atoms with E-state index in [1.54, 1.807) is 6.07 Å². The van der Waals surface area contributed by atoms with Crippen LogP contribution in [0.25, 0.3) is 10.8 Å². The molecule has 30 heavy (non-hydrogen) atoms. The van der Waals surface area contributed by atoms with E-state index in [2.05, 4.69) is 45.9 Å². The van der Waals surface area contributed by atoms with E-state index in [1.165, 1.54) is 11.1 Å². The number of hydrogen-bond donors (Lipinski definition) is 1. The molecule has 160 valence electrons. The van der Waals surface area contributed by atoms with Crippen molar-refractivity contribution in [1.29, 1.82) is 0 Å². The van der Waals surface area contributed by atoms with Gasteiger partial charge in [-0.15, -0.1) is 0 Å². The molecule has 0 fully saturated rings. The first-order valence-electron chi connectivity index (χ1n) is 10.7. The first kappa shape index (κ1) is 22.0. The number of rotatable bonds is 10. The molecule has 0 saturated carbocycles. The molecular weight excluding hydrogens is 376 g/mol. The average Bonchev–Trinajstić information content (AvgIpc) is 2.73. The Morgan fingerprint density at radius 2 is 1.23 bits per heavy atom. The van der Waals surface area contributed by atoms with Crippen molar-refractivity contribution in [2.24, 2.45) is 0 Å². The molecule has 0 bridgehead atoms. The van der Waals surface area contributed by atoms with Crippen molar-refractivity contribution >= 4 is 10.8 Å². The van der Waals surface area contributed by atoms with Crippen LogP contribution in [0, 0.1) is 0 Å². The molecule has 3 aromatic rings. The maximum atomic E-state index is 9.97. The van der Waals surface area contributed by atoms with E-state index in [-0.39, 0.29) is 5.75 Å². The second-order valence-corrected chi connectivity index (χ2v) is 8.01. The predicted octanol–water partition coefficient (Wildman–Crippen LogP) is 6.27. The van der Waals surface area contributed by atoms with E-state index >= 15 is 0 Å². The minimum atomic E-state index is 0.258. The molecule has 0 amide bonds. The van der Waals surface area contributed by atoms with Crippen molar-refractivity contribution in [3.8, 4) is 17.2 Å². The van der Waals surface area contributed by atoms with Gasteiger partial charge in [-0.3, -0.25) is 0 Å². The zero-order valence-corrected chi connectivity index (χ0v) is 18.4. The molecule has 0 aromatic heterocycles. The molecule has 0 spiro atoms. The first-order chi connectivity index (χ1) is 14.5. The minimum absolute atomic E-state index is 0.258. The van der Waals surface area contributed by atoms with Crippen molar-refractivity contribution in [3.05, 3.63) is 65.7 Å². The highest BCUT2D eigenvalue weighted by molar-refractivity contribution is 5.92. The molecule has 1 N–H and O–H groups in total. The van der Waals surface area contributed by atoms with Gasteiger partial charge in [0, 0.05) is 10.8 Å². The molecule has 0 aliphatic heterocycles. The second kappa shape index (κ2) is 10.4. The summed E-state index contributed by atoms with van der Waals surface area (Å²) in [5.41, 5.74) is 2.48. The fraction of sp³-hybridized carbons (Fsp3) is 0.385. The maximum absolute atomic E-state index is 9.97. The van der Waals surface area contributed by atoms with Crippen LogP contribution in [0.4, 0.5) is 0 Å². The van der Waals surface area contributed by atoms with Crippen LogP contribution in [0.15, 0.2) is 54.6 Å². The van der Waals surface area contributed by atoms with Gasteiger partial charge in [0.25, 0.3) is 0 Å². The van der Waals surface area contributed by atoms with Crippen molar-refractivity contribution in [2.45, 2.75) is 39.5 Å². The number of ether oxygens (including phenoxy) is 3. The predicted molar refractivity (Wildman–Crippen MR) is 122 cm³/mol. The lowest BCUT2D eigenvalue weighted by atomic mass is 9.94. The van der Waals surface area contributed by atoms with E-state index < -0.39 is 0 Å². The number of aromatic hydroxyl groups is 1. The highest BCUT2D eigenvalue weighted by Gasteiger charge is 2.14. The number of phenolic OH excluding ortho intramolecular Hbond substituents is 1. The fourth-order valence-corrected chi connectivity index (χ4v) is 3.56. The van der Waals surface area contributed by atoms with Crippen LogP contribution in [0.2, 0.25) is 0 Å². The Bertz CT molecular complexity index is 936. The monoisotopic (exact) mass is 408 g/mol. The average molecular weight is 409 g/mol. The van der Waals surface area contributed by atoms with E-state index in [0.29, 0.717) is 38.3 Å². The highest BCUT2D eigenvalue weighted by atomic mass is 16.5. The van der Waals surface area contributed by atoms with Crippen LogP contribution in [-0.2, 0) is 4.74 Å². The Balaban J connectivity index is 1.48. The molecule has 0 radical (unpaired) electrons. The molecule has 0 unspecified atom stereocenters. The summed E-state index contributed by atoms with van der Waals surface area (Å²) < 4.78 is 17.7. The normalized spacial score (nSPS) is 11.4. The molecule has 0 atom stereocenters. The smallest absolute Gasteiger partial charge is 0.127 e. The highest BCUT2D eigenvalue weighted by Crippen LogP contribution is 2.34. The fourth-order valence-electron chi connectivity index (χ4n) is 3.56. The van der Waals surface area contributed by atoms with Gasteiger partial charge >= 0.3 is 0 Å². The number of phenols is 1. The Kier molecular flexibility index (Phi) is 7.58. The summed E-state index contributed by atoms with van der Waals surface area (Å²) in [6.07, 6.45) is 0. The Morgan fingerprint density at radius 1 is 0.667 bits per heavy atom. The van der Waals surface area contributed by atoms with Gasteiger partial charge < -0.3 is 19.3 Å². The summed E-state index contributed by atoms with van der Waals surface area (Å²) in [4.78, 5) is 0. The summed E-state index contributed by atoms with van der Waals surface area (Å²) >= 11 is 0. The largest absolute Gasteiger partial charge is 0.507 e. The summed E-state index contributed by atoms with van der Waals surface area (Å²) in [6, 6.07) is 17.5. The van der Waals surface area contributed by atoms with Crippen LogP contribution < -0.4 is 9.47 Å². The number of hydrogen-bond acceptors (Lipinski definition) is 4. The molecule has 0 aliphatic rings. The van der Waals surface area contributed by atoms with Gasteiger partial charge in [-0.1, -0.05) is 70.2 Å². The van der Waals surface area contributed by atoms with Gasteiger partial charge in [-0.25, -0.2) is 0 Å². The Labute approximate surface area is 179 Å². The van der Waals surface area contributed by atoms with Crippen LogP contribution in [0.5, 0.6) is 17.2 Å². The third-order valence-corrected chi connectivity index (χ3v) is 5.14. The zero-order chi connectivity index (χ0) is 21.5. The molecule has 4 nitrogen and oxygen atoms in total. The minimum Gasteiger partial charge on any atom is -0.507 e. The lowest BCUT2D eigenvalue weighted by molar-refractivity contribution is 0.0762. The first-order valence-corrected chi connectivity index (χ1v) is 10.7. The van der Waals surface area contributed by atoms with Gasteiger partial charge in [-0.05, 0) is 35.1 Å². The number of benzene rings is 3. The molecule has 3 rings (SSSR count). The molecule has 4 heteroatoms. The third kappa shape index (κ3) is 5.25. The quantitative estimate of drug-likeness (QED) is 0.402. The lowest BCUT2D eigenvalue weighted by Gasteiger charge is -2.20. The Hall–Kier alpha value is -2.72. The molecule has 3 aromatic carbocycles. The third-order valence-electron chi connectivity index (χ3n) is 5.14. The molecular formula is C26H32O4. The van der Waals surface area contributed by atoms with E-state index in [4.69, 9.17) is 14.2 Å². The van der Waals surface area contributed by atoms with Gasteiger partial charge in [0.05, 0.1) is 13.2 Å². The summed E-state index contributed by atoms with van der Waals surface area (Å²) in [6.45, 7) is 10.7. The van der Waals surface area contributed by atoms with Crippen molar-refractivity contribution in [2.75, 3.05) is 26.4 Å². The molecule has 0 saturated heterocycles. The maximum Gasteiger partial charge on any atom is 0.127 e. The summed E-state index contributed by atoms with van der Waals surface area (Å²) in [5.74, 6) is 2.82. The number of fused-ring (bicyclic) bond motifs is 1. The van der Waals surface area contributed by atoms with E-state index in [0.717, 1.165) is 22.3 Å². The van der Waals surface area contributed by atoms with Gasteiger partial charge in [0.2, 0.25) is 0 Å². The second-order valence-electron chi connectivity index (χ2n) is 8.01. The summed E-state index contributed by atoms with van der Waals surface area (Å²) in [7, 11) is 0. The zero-order valence-electron chi connectivity index (χ0n) is 18.4. The van der Waals surface area contributed by atoms with Crippen molar-refractivity contribution < 1.29 is 19.3 Å². The molecule has 0 heterocycles. The van der Waals surface area contributed by atoms with Crippen LogP contribution in [-0.4, -0.2) is 31.5 Å². The Morgan fingerprint density at radius 3 is 1.90 bits per heavy atom. The number of para-hydroxylation sites is 1. The molecule has 0 aliphatic carbocycles. The summed E-state index contributed by atoms with van der Waals surface area (Å²) in [5, 5.41) is 11.7. The van der Waals surface area contributed by atoms with Gasteiger partial charge in [-0.2, -0.15) is 0 Å². The van der Waals surface area contributed by atoms with Crippen LogP contribution in [0.1, 0.15) is 50.7 Å².